The molecule has 4 rings (SSSR count). The first-order valence-electron chi connectivity index (χ1n) is 10.5. The highest BCUT2D eigenvalue weighted by Crippen LogP contribution is 2.29. The monoisotopic (exact) mass is 419 g/mol. The zero-order chi connectivity index (χ0) is 21.6. The van der Waals surface area contributed by atoms with Crippen molar-refractivity contribution in [1.82, 2.24) is 5.32 Å². The number of fused-ring (bicyclic) bond motifs is 1. The zero-order valence-electron chi connectivity index (χ0n) is 17.4. The number of furan rings is 1. The topological polar surface area (TPSA) is 77.8 Å². The SMILES string of the molecule is CC(OC(=O)c1ccc(COc2ccccc2)o1)C(=O)NC1CCCc2ccccc21. The van der Waals surface area contributed by atoms with Crippen molar-refractivity contribution in [2.75, 3.05) is 0 Å². The highest BCUT2D eigenvalue weighted by molar-refractivity contribution is 5.90. The number of para-hydroxylation sites is 1. The molecule has 0 saturated carbocycles. The summed E-state index contributed by atoms with van der Waals surface area (Å²) in [7, 11) is 0. The van der Waals surface area contributed by atoms with Gasteiger partial charge in [0.25, 0.3) is 5.91 Å². The van der Waals surface area contributed by atoms with Crippen molar-refractivity contribution in [2.24, 2.45) is 0 Å². The Hall–Kier alpha value is -3.54. The molecule has 0 aliphatic heterocycles. The Kier molecular flexibility index (Phi) is 6.36. The van der Waals surface area contributed by atoms with Gasteiger partial charge in [0.05, 0.1) is 6.04 Å². The minimum Gasteiger partial charge on any atom is -0.486 e. The lowest BCUT2D eigenvalue weighted by molar-refractivity contribution is -0.130. The van der Waals surface area contributed by atoms with Gasteiger partial charge in [-0.1, -0.05) is 42.5 Å². The van der Waals surface area contributed by atoms with Crippen LogP contribution in [0.4, 0.5) is 0 Å². The normalized spacial score (nSPS) is 16.1. The fraction of sp³-hybridized carbons (Fsp3) is 0.280. The lowest BCUT2D eigenvalue weighted by Crippen LogP contribution is -2.39. The molecule has 1 heterocycles. The quantitative estimate of drug-likeness (QED) is 0.567. The van der Waals surface area contributed by atoms with E-state index in [0.29, 0.717) is 11.5 Å². The molecule has 0 bridgehead atoms. The third-order valence-corrected chi connectivity index (χ3v) is 5.33. The standard InChI is InChI=1S/C25H25NO5/c1-17(24(27)26-22-13-7-9-18-8-5-6-12-21(18)22)30-25(28)23-15-14-20(31-23)16-29-19-10-3-2-4-11-19/h2-6,8,10-12,14-15,17,22H,7,9,13,16H2,1H3,(H,26,27). The van der Waals surface area contributed by atoms with Gasteiger partial charge in [-0.2, -0.15) is 0 Å². The molecule has 3 aromatic rings. The van der Waals surface area contributed by atoms with Crippen molar-refractivity contribution in [1.29, 1.82) is 0 Å². The fourth-order valence-corrected chi connectivity index (χ4v) is 3.70. The van der Waals surface area contributed by atoms with Gasteiger partial charge in [-0.25, -0.2) is 4.79 Å². The van der Waals surface area contributed by atoms with Crippen LogP contribution in [0.2, 0.25) is 0 Å². The van der Waals surface area contributed by atoms with Crippen LogP contribution in [-0.2, 0) is 22.6 Å². The van der Waals surface area contributed by atoms with Crippen LogP contribution in [0.3, 0.4) is 0 Å². The summed E-state index contributed by atoms with van der Waals surface area (Å²) < 4.78 is 16.4. The van der Waals surface area contributed by atoms with Gasteiger partial charge in [0.15, 0.2) is 6.10 Å². The van der Waals surface area contributed by atoms with Gasteiger partial charge in [0.2, 0.25) is 5.76 Å². The van der Waals surface area contributed by atoms with Crippen molar-refractivity contribution in [3.05, 3.63) is 89.4 Å². The molecule has 1 N–H and O–H groups in total. The Labute approximate surface area is 181 Å². The summed E-state index contributed by atoms with van der Waals surface area (Å²) in [6.45, 7) is 1.75. The van der Waals surface area contributed by atoms with E-state index < -0.39 is 12.1 Å². The van der Waals surface area contributed by atoms with Gasteiger partial charge in [0.1, 0.15) is 18.1 Å². The first-order chi connectivity index (χ1) is 15.1. The molecule has 0 saturated heterocycles. The number of esters is 1. The van der Waals surface area contributed by atoms with Crippen LogP contribution in [0.5, 0.6) is 5.75 Å². The van der Waals surface area contributed by atoms with Gasteiger partial charge in [-0.3, -0.25) is 4.79 Å². The molecule has 2 atom stereocenters. The van der Waals surface area contributed by atoms with Crippen molar-refractivity contribution in [2.45, 2.75) is 44.9 Å². The molecule has 1 amide bonds. The number of hydrogen-bond donors (Lipinski definition) is 1. The second-order valence-corrected chi connectivity index (χ2v) is 7.57. The van der Waals surface area contributed by atoms with Crippen LogP contribution in [0.15, 0.2) is 71.1 Å². The van der Waals surface area contributed by atoms with E-state index in [1.807, 2.05) is 48.5 Å². The Balaban J connectivity index is 1.30. The van der Waals surface area contributed by atoms with Crippen LogP contribution < -0.4 is 10.1 Å². The molecule has 6 nitrogen and oxygen atoms in total. The second kappa shape index (κ2) is 9.51. The maximum Gasteiger partial charge on any atom is 0.375 e. The first kappa shape index (κ1) is 20.7. The molecule has 1 aliphatic carbocycles. The summed E-state index contributed by atoms with van der Waals surface area (Å²) in [5, 5.41) is 3.01. The fourth-order valence-electron chi connectivity index (χ4n) is 3.70. The number of benzene rings is 2. The number of hydrogen-bond acceptors (Lipinski definition) is 5. The van der Waals surface area contributed by atoms with E-state index in [1.54, 1.807) is 13.0 Å². The maximum atomic E-state index is 12.6. The number of carbonyl (C=O) groups excluding carboxylic acids is 2. The summed E-state index contributed by atoms with van der Waals surface area (Å²) >= 11 is 0. The van der Waals surface area contributed by atoms with Crippen molar-refractivity contribution < 1.29 is 23.5 Å². The maximum absolute atomic E-state index is 12.6. The van der Waals surface area contributed by atoms with Crippen molar-refractivity contribution in [3.63, 3.8) is 0 Å². The molecule has 2 unspecified atom stereocenters. The van der Waals surface area contributed by atoms with E-state index >= 15 is 0 Å². The Morgan fingerprint density at radius 2 is 1.84 bits per heavy atom. The number of aryl methyl sites for hydroxylation is 1. The van der Waals surface area contributed by atoms with Crippen LogP contribution in [0.25, 0.3) is 0 Å². The molecule has 1 aromatic heterocycles. The van der Waals surface area contributed by atoms with E-state index in [4.69, 9.17) is 13.9 Å². The minimum atomic E-state index is -0.935. The molecule has 0 fully saturated rings. The van der Waals surface area contributed by atoms with Crippen molar-refractivity contribution >= 4 is 11.9 Å². The smallest absolute Gasteiger partial charge is 0.375 e. The zero-order valence-corrected chi connectivity index (χ0v) is 17.4. The van der Waals surface area contributed by atoms with Gasteiger partial charge in [-0.05, 0) is 61.6 Å². The number of ether oxygens (including phenoxy) is 2. The Bertz CT molecular complexity index is 1040. The van der Waals surface area contributed by atoms with E-state index in [2.05, 4.69) is 11.4 Å². The van der Waals surface area contributed by atoms with Crippen LogP contribution in [-0.4, -0.2) is 18.0 Å². The Morgan fingerprint density at radius 3 is 2.68 bits per heavy atom. The average Bonchev–Trinajstić information content (AvgIpc) is 3.28. The minimum absolute atomic E-state index is 0.0364. The largest absolute Gasteiger partial charge is 0.486 e. The third kappa shape index (κ3) is 5.15. The average molecular weight is 419 g/mol. The molecule has 1 aliphatic rings. The molecular formula is C25H25NO5. The highest BCUT2D eigenvalue weighted by atomic mass is 16.6. The van der Waals surface area contributed by atoms with E-state index in [1.165, 1.54) is 11.6 Å². The molecule has 2 aromatic carbocycles. The van der Waals surface area contributed by atoms with Gasteiger partial charge < -0.3 is 19.2 Å². The lowest BCUT2D eigenvalue weighted by atomic mass is 9.87. The predicted octanol–water partition coefficient (Wildman–Crippen LogP) is 4.60. The number of nitrogens with one attached hydrogen (secondary N) is 1. The molecule has 160 valence electrons. The predicted molar refractivity (Wildman–Crippen MR) is 115 cm³/mol. The summed E-state index contributed by atoms with van der Waals surface area (Å²) in [5.74, 6) is 0.227. The number of rotatable bonds is 7. The van der Waals surface area contributed by atoms with Gasteiger partial charge >= 0.3 is 5.97 Å². The summed E-state index contributed by atoms with van der Waals surface area (Å²) in [6, 6.07) is 20.5. The second-order valence-electron chi connectivity index (χ2n) is 7.57. The summed E-state index contributed by atoms with van der Waals surface area (Å²) in [5.41, 5.74) is 2.39. The first-order valence-corrected chi connectivity index (χ1v) is 10.5. The van der Waals surface area contributed by atoms with Crippen LogP contribution in [0.1, 0.15) is 53.2 Å². The highest BCUT2D eigenvalue weighted by Gasteiger charge is 2.26. The molecular weight excluding hydrogens is 394 g/mol. The van der Waals surface area contributed by atoms with E-state index in [0.717, 1.165) is 24.8 Å². The number of amides is 1. The van der Waals surface area contributed by atoms with E-state index in [9.17, 15) is 9.59 Å². The van der Waals surface area contributed by atoms with Gasteiger partial charge in [-0.15, -0.1) is 0 Å². The number of carbonyl (C=O) groups is 2. The summed E-state index contributed by atoms with van der Waals surface area (Å²) in [4.78, 5) is 25.0. The van der Waals surface area contributed by atoms with Gasteiger partial charge in [0, 0.05) is 0 Å². The third-order valence-electron chi connectivity index (χ3n) is 5.33. The van der Waals surface area contributed by atoms with Crippen molar-refractivity contribution in [3.8, 4) is 5.75 Å². The van der Waals surface area contributed by atoms with Crippen LogP contribution in [0, 0.1) is 0 Å². The van der Waals surface area contributed by atoms with Crippen LogP contribution >= 0.6 is 0 Å². The van der Waals surface area contributed by atoms with E-state index in [-0.39, 0.29) is 24.3 Å². The molecule has 31 heavy (non-hydrogen) atoms. The molecule has 6 heteroatoms. The summed E-state index contributed by atoms with van der Waals surface area (Å²) in [6.07, 6.45) is 1.96. The lowest BCUT2D eigenvalue weighted by Gasteiger charge is -2.27. The Morgan fingerprint density at radius 1 is 1.06 bits per heavy atom. The molecule has 0 spiro atoms. The molecule has 0 radical (unpaired) electrons.